The number of nitrogens with zero attached hydrogens (tertiary/aromatic N) is 4. The van der Waals surface area contributed by atoms with Crippen LogP contribution in [0.3, 0.4) is 0 Å². The normalized spacial score (nSPS) is 10.8. The maximum Gasteiger partial charge on any atom is 0.336 e. The lowest BCUT2D eigenvalue weighted by Crippen LogP contribution is -2.06. The molecule has 0 amide bonds. The molecule has 0 aliphatic carbocycles. The largest absolute Gasteiger partial charge is 0.466 e. The van der Waals surface area contributed by atoms with Gasteiger partial charge in [-0.25, -0.2) is 5.10 Å². The molecule has 0 aliphatic rings. The molecule has 24 heavy (non-hydrogen) atoms. The number of aromatic nitrogens is 5. The van der Waals surface area contributed by atoms with Crippen LogP contribution in [-0.4, -0.2) is 32.1 Å². The molecule has 0 fully saturated rings. The number of hydrogen-bond donors (Lipinski definition) is 2. The molecule has 0 unspecified atom stereocenters. The second-order valence-corrected chi connectivity index (χ2v) is 5.83. The van der Waals surface area contributed by atoms with Crippen molar-refractivity contribution in [2.45, 2.75) is 26.9 Å². The van der Waals surface area contributed by atoms with E-state index in [0.29, 0.717) is 25.0 Å². The van der Waals surface area contributed by atoms with E-state index in [9.17, 15) is 0 Å². The summed E-state index contributed by atoms with van der Waals surface area (Å²) in [5.41, 5.74) is 4.23. The summed E-state index contributed by atoms with van der Waals surface area (Å²) in [6.07, 6.45) is 0. The molecule has 0 atom stereocenters. The van der Waals surface area contributed by atoms with Crippen LogP contribution in [0.4, 0.5) is 5.95 Å². The fourth-order valence-electron chi connectivity index (χ4n) is 2.52. The molecule has 2 N–H and O–H groups in total. The van der Waals surface area contributed by atoms with Crippen LogP contribution in [0, 0.1) is 13.8 Å². The van der Waals surface area contributed by atoms with Crippen LogP contribution in [-0.2, 0) is 13.1 Å². The molecular formula is C16H19ClN6O. The first-order chi connectivity index (χ1) is 11.6. The Bertz CT molecular complexity index is 841. The van der Waals surface area contributed by atoms with E-state index >= 15 is 0 Å². The number of H-pyrrole nitrogens is 1. The monoisotopic (exact) mass is 346 g/mol. The Hall–Kier alpha value is -2.54. The first kappa shape index (κ1) is 16.3. The van der Waals surface area contributed by atoms with Gasteiger partial charge in [-0.15, -0.1) is 5.10 Å². The zero-order valence-corrected chi connectivity index (χ0v) is 14.6. The highest BCUT2D eigenvalue weighted by Crippen LogP contribution is 2.20. The van der Waals surface area contributed by atoms with Gasteiger partial charge in [-0.05, 0) is 25.5 Å². The van der Waals surface area contributed by atoms with E-state index in [1.54, 1.807) is 0 Å². The van der Waals surface area contributed by atoms with Gasteiger partial charge in [-0.1, -0.05) is 29.8 Å². The number of methoxy groups -OCH3 is 1. The Morgan fingerprint density at radius 1 is 1.29 bits per heavy atom. The minimum Gasteiger partial charge on any atom is -0.466 e. The van der Waals surface area contributed by atoms with Crippen LogP contribution in [0.15, 0.2) is 24.3 Å². The zero-order chi connectivity index (χ0) is 17.1. The first-order valence-electron chi connectivity index (χ1n) is 7.55. The third kappa shape index (κ3) is 3.35. The van der Waals surface area contributed by atoms with Crippen LogP contribution in [0.2, 0.25) is 5.02 Å². The van der Waals surface area contributed by atoms with Crippen LogP contribution in [0.25, 0.3) is 0 Å². The highest BCUT2D eigenvalue weighted by molar-refractivity contribution is 6.31. The minimum absolute atomic E-state index is 0.306. The summed E-state index contributed by atoms with van der Waals surface area (Å²) in [6.45, 7) is 5.28. The predicted octanol–water partition coefficient (Wildman–Crippen LogP) is 2.94. The molecule has 2 heterocycles. The zero-order valence-electron chi connectivity index (χ0n) is 13.8. The van der Waals surface area contributed by atoms with E-state index in [1.807, 2.05) is 35.9 Å². The molecule has 0 radical (unpaired) electrons. The van der Waals surface area contributed by atoms with Gasteiger partial charge < -0.3 is 10.1 Å². The van der Waals surface area contributed by atoms with Gasteiger partial charge in [0.1, 0.15) is 0 Å². The summed E-state index contributed by atoms with van der Waals surface area (Å²) in [5, 5.41) is 15.3. The molecule has 0 spiro atoms. The molecule has 0 aliphatic heterocycles. The van der Waals surface area contributed by atoms with Gasteiger partial charge in [0.15, 0.2) is 0 Å². The number of aryl methyl sites for hydroxylation is 1. The molecule has 0 bridgehead atoms. The summed E-state index contributed by atoms with van der Waals surface area (Å²) >= 11 is 6.25. The predicted molar refractivity (Wildman–Crippen MR) is 92.5 cm³/mol. The Morgan fingerprint density at radius 3 is 2.79 bits per heavy atom. The third-order valence-electron chi connectivity index (χ3n) is 3.89. The highest BCUT2D eigenvalue weighted by atomic mass is 35.5. The van der Waals surface area contributed by atoms with Crippen LogP contribution in [0.1, 0.15) is 22.5 Å². The molecule has 1 aromatic carbocycles. The van der Waals surface area contributed by atoms with Gasteiger partial charge in [0.2, 0.25) is 5.95 Å². The van der Waals surface area contributed by atoms with E-state index < -0.39 is 0 Å². The number of aromatic amines is 1. The lowest BCUT2D eigenvalue weighted by Gasteiger charge is -2.07. The standard InChI is InChI=1S/C16H19ClN6O/c1-10-13(8-18-15-19-16(24-3)21-20-15)11(2)23(22-10)9-12-6-4-5-7-14(12)17/h4-7H,8-9H2,1-3H3,(H2,18,19,20,21). The summed E-state index contributed by atoms with van der Waals surface area (Å²) < 4.78 is 6.92. The van der Waals surface area contributed by atoms with Crippen molar-refractivity contribution in [1.82, 2.24) is 25.0 Å². The van der Waals surface area contributed by atoms with Crippen molar-refractivity contribution >= 4 is 17.5 Å². The SMILES string of the molecule is COc1n[nH]c(NCc2c(C)nn(Cc3ccccc3Cl)c2C)n1. The van der Waals surface area contributed by atoms with Crippen LogP contribution < -0.4 is 10.1 Å². The van der Waals surface area contributed by atoms with Crippen LogP contribution >= 0.6 is 11.6 Å². The molecule has 7 nitrogen and oxygen atoms in total. The molecule has 126 valence electrons. The number of nitrogens with one attached hydrogen (secondary N) is 2. The lowest BCUT2D eigenvalue weighted by molar-refractivity contribution is 0.382. The second kappa shape index (κ2) is 6.92. The molecule has 0 saturated heterocycles. The number of rotatable bonds is 6. The number of benzene rings is 1. The fraction of sp³-hybridized carbons (Fsp3) is 0.312. The summed E-state index contributed by atoms with van der Waals surface area (Å²) in [6, 6.07) is 8.11. The molecule has 3 aromatic rings. The van der Waals surface area contributed by atoms with Crippen molar-refractivity contribution < 1.29 is 4.74 Å². The maximum absolute atomic E-state index is 6.25. The molecule has 0 saturated carbocycles. The van der Waals surface area contributed by atoms with Crippen molar-refractivity contribution in [1.29, 1.82) is 0 Å². The number of halogens is 1. The average molecular weight is 347 g/mol. The van der Waals surface area contributed by atoms with E-state index in [4.69, 9.17) is 16.3 Å². The van der Waals surface area contributed by atoms with Gasteiger partial charge in [0.25, 0.3) is 0 Å². The molecule has 8 heteroatoms. The van der Waals surface area contributed by atoms with Gasteiger partial charge in [-0.3, -0.25) is 4.68 Å². The lowest BCUT2D eigenvalue weighted by atomic mass is 10.2. The molecule has 3 rings (SSSR count). The Balaban J connectivity index is 1.75. The van der Waals surface area contributed by atoms with Crippen molar-refractivity contribution in [2.24, 2.45) is 0 Å². The average Bonchev–Trinajstić information content (AvgIpc) is 3.13. The van der Waals surface area contributed by atoms with Gasteiger partial charge in [0, 0.05) is 22.8 Å². The number of hydrogen-bond acceptors (Lipinski definition) is 5. The highest BCUT2D eigenvalue weighted by Gasteiger charge is 2.13. The van der Waals surface area contributed by atoms with E-state index in [1.165, 1.54) is 7.11 Å². The summed E-state index contributed by atoms with van der Waals surface area (Å²) in [7, 11) is 1.53. The molecular weight excluding hydrogens is 328 g/mol. The Kier molecular flexibility index (Phi) is 4.71. The summed E-state index contributed by atoms with van der Waals surface area (Å²) in [5.74, 6) is 0.560. The van der Waals surface area contributed by atoms with Gasteiger partial charge in [0.05, 0.1) is 19.3 Å². The van der Waals surface area contributed by atoms with Crippen molar-refractivity contribution in [3.8, 4) is 6.01 Å². The Labute approximate surface area is 145 Å². The fourth-order valence-corrected chi connectivity index (χ4v) is 2.72. The van der Waals surface area contributed by atoms with Crippen molar-refractivity contribution in [3.63, 3.8) is 0 Å². The quantitative estimate of drug-likeness (QED) is 0.717. The summed E-state index contributed by atoms with van der Waals surface area (Å²) in [4.78, 5) is 4.14. The first-order valence-corrected chi connectivity index (χ1v) is 7.93. The van der Waals surface area contributed by atoms with Crippen molar-refractivity contribution in [2.75, 3.05) is 12.4 Å². The third-order valence-corrected chi connectivity index (χ3v) is 4.26. The van der Waals surface area contributed by atoms with Gasteiger partial charge >= 0.3 is 6.01 Å². The van der Waals surface area contributed by atoms with Gasteiger partial charge in [-0.2, -0.15) is 10.1 Å². The van der Waals surface area contributed by atoms with Crippen LogP contribution in [0.5, 0.6) is 6.01 Å². The minimum atomic E-state index is 0.306. The smallest absolute Gasteiger partial charge is 0.336 e. The molecule has 2 aromatic heterocycles. The van der Waals surface area contributed by atoms with Crippen molar-refractivity contribution in [3.05, 3.63) is 51.8 Å². The second-order valence-electron chi connectivity index (χ2n) is 5.42. The Morgan fingerprint density at radius 2 is 2.08 bits per heavy atom. The number of anilines is 1. The van der Waals surface area contributed by atoms with E-state index in [0.717, 1.165) is 27.5 Å². The maximum atomic E-state index is 6.25. The van der Waals surface area contributed by atoms with E-state index in [2.05, 4.69) is 32.5 Å². The number of ether oxygens (including phenoxy) is 1. The van der Waals surface area contributed by atoms with E-state index in [-0.39, 0.29) is 0 Å². The topological polar surface area (TPSA) is 80.6 Å².